The highest BCUT2D eigenvalue weighted by molar-refractivity contribution is 6.15. The highest BCUT2D eigenvalue weighted by Crippen LogP contribution is 2.19. The molecule has 0 aliphatic heterocycles. The molecule has 2 aromatic rings. The van der Waals surface area contributed by atoms with E-state index < -0.39 is 5.97 Å². The fourth-order valence-electron chi connectivity index (χ4n) is 1.74. The van der Waals surface area contributed by atoms with E-state index in [2.05, 4.69) is 6.58 Å². The highest BCUT2D eigenvalue weighted by Gasteiger charge is 2.11. The van der Waals surface area contributed by atoms with Gasteiger partial charge < -0.3 is 16.2 Å². The van der Waals surface area contributed by atoms with Crippen LogP contribution in [-0.2, 0) is 16.1 Å². The standard InChI is InChI=1S/C16H16N2O2/c1-11(12-5-3-2-4-6-12)16(19)20-10-13-9-14(17)7-8-15(13)18/h2-9H,1,10,17-18H2. The molecule has 0 atom stereocenters. The van der Waals surface area contributed by atoms with Crippen LogP contribution in [0.15, 0.2) is 55.1 Å². The number of hydrogen-bond donors (Lipinski definition) is 2. The van der Waals surface area contributed by atoms with Gasteiger partial charge in [0.1, 0.15) is 6.61 Å². The van der Waals surface area contributed by atoms with Crippen LogP contribution in [0.2, 0.25) is 0 Å². The van der Waals surface area contributed by atoms with E-state index in [1.54, 1.807) is 30.3 Å². The molecular weight excluding hydrogens is 252 g/mol. The Hall–Kier alpha value is -2.75. The summed E-state index contributed by atoms with van der Waals surface area (Å²) in [6, 6.07) is 14.2. The molecule has 0 heterocycles. The summed E-state index contributed by atoms with van der Waals surface area (Å²) in [5, 5.41) is 0. The average Bonchev–Trinajstić information content (AvgIpc) is 2.48. The van der Waals surface area contributed by atoms with E-state index in [0.717, 1.165) is 5.56 Å². The van der Waals surface area contributed by atoms with Crippen LogP contribution in [0.25, 0.3) is 5.57 Å². The van der Waals surface area contributed by atoms with Crippen LogP contribution in [0.3, 0.4) is 0 Å². The molecule has 0 unspecified atom stereocenters. The number of rotatable bonds is 4. The summed E-state index contributed by atoms with van der Waals surface area (Å²) >= 11 is 0. The molecule has 0 fully saturated rings. The predicted octanol–water partition coefficient (Wildman–Crippen LogP) is 2.61. The number of nitrogen functional groups attached to an aromatic ring is 2. The molecule has 0 aromatic heterocycles. The Morgan fingerprint density at radius 2 is 1.80 bits per heavy atom. The molecule has 4 N–H and O–H groups in total. The van der Waals surface area contributed by atoms with Crippen LogP contribution < -0.4 is 11.5 Å². The Morgan fingerprint density at radius 1 is 1.10 bits per heavy atom. The van der Waals surface area contributed by atoms with E-state index in [1.165, 1.54) is 0 Å². The summed E-state index contributed by atoms with van der Waals surface area (Å²) in [5.41, 5.74) is 14.3. The highest BCUT2D eigenvalue weighted by atomic mass is 16.5. The van der Waals surface area contributed by atoms with Crippen molar-refractivity contribution in [3.05, 3.63) is 66.2 Å². The number of carbonyl (C=O) groups excluding carboxylic acids is 1. The van der Waals surface area contributed by atoms with Gasteiger partial charge in [-0.25, -0.2) is 4.79 Å². The Kier molecular flexibility index (Phi) is 4.05. The Morgan fingerprint density at radius 3 is 2.50 bits per heavy atom. The van der Waals surface area contributed by atoms with Gasteiger partial charge in [-0.15, -0.1) is 0 Å². The van der Waals surface area contributed by atoms with Gasteiger partial charge in [0.25, 0.3) is 0 Å². The number of anilines is 2. The monoisotopic (exact) mass is 268 g/mol. The SMILES string of the molecule is C=C(C(=O)OCc1cc(N)ccc1N)c1ccccc1. The molecule has 20 heavy (non-hydrogen) atoms. The van der Waals surface area contributed by atoms with Gasteiger partial charge in [-0.3, -0.25) is 0 Å². The molecule has 0 radical (unpaired) electrons. The van der Waals surface area contributed by atoms with Crippen molar-refractivity contribution in [1.29, 1.82) is 0 Å². The van der Waals surface area contributed by atoms with E-state index in [0.29, 0.717) is 22.5 Å². The first-order chi connectivity index (χ1) is 9.58. The molecule has 0 aliphatic rings. The Bertz CT molecular complexity index is 636. The maximum atomic E-state index is 11.9. The molecule has 0 saturated carbocycles. The first-order valence-corrected chi connectivity index (χ1v) is 6.13. The average molecular weight is 268 g/mol. The van der Waals surface area contributed by atoms with Crippen LogP contribution in [0.5, 0.6) is 0 Å². The van der Waals surface area contributed by atoms with Crippen LogP contribution in [0.4, 0.5) is 11.4 Å². The zero-order valence-electron chi connectivity index (χ0n) is 11.0. The quantitative estimate of drug-likeness (QED) is 0.507. The van der Waals surface area contributed by atoms with E-state index in [9.17, 15) is 4.79 Å². The van der Waals surface area contributed by atoms with Crippen molar-refractivity contribution in [2.24, 2.45) is 0 Å². The first-order valence-electron chi connectivity index (χ1n) is 6.13. The maximum absolute atomic E-state index is 11.9. The summed E-state index contributed by atoms with van der Waals surface area (Å²) in [4.78, 5) is 11.9. The van der Waals surface area contributed by atoms with Crippen LogP contribution in [0, 0.1) is 0 Å². The number of ether oxygens (including phenoxy) is 1. The van der Waals surface area contributed by atoms with Gasteiger partial charge in [0.05, 0.1) is 5.57 Å². The van der Waals surface area contributed by atoms with Crippen molar-refractivity contribution in [3.63, 3.8) is 0 Å². The van der Waals surface area contributed by atoms with Crippen molar-refractivity contribution >= 4 is 22.9 Å². The number of benzene rings is 2. The normalized spacial score (nSPS) is 10.0. The second-order valence-electron chi connectivity index (χ2n) is 4.38. The van der Waals surface area contributed by atoms with E-state index >= 15 is 0 Å². The molecule has 4 nitrogen and oxygen atoms in total. The number of carbonyl (C=O) groups is 1. The summed E-state index contributed by atoms with van der Waals surface area (Å²) in [6.45, 7) is 3.82. The third-order valence-corrected chi connectivity index (χ3v) is 2.89. The Balaban J connectivity index is 2.02. The van der Waals surface area contributed by atoms with Crippen molar-refractivity contribution in [3.8, 4) is 0 Å². The van der Waals surface area contributed by atoms with Gasteiger partial charge in [0.15, 0.2) is 0 Å². The van der Waals surface area contributed by atoms with Crippen LogP contribution in [-0.4, -0.2) is 5.97 Å². The molecular formula is C16H16N2O2. The fraction of sp³-hybridized carbons (Fsp3) is 0.0625. The fourth-order valence-corrected chi connectivity index (χ4v) is 1.74. The lowest BCUT2D eigenvalue weighted by molar-refractivity contribution is -0.137. The zero-order valence-corrected chi connectivity index (χ0v) is 11.0. The van der Waals surface area contributed by atoms with Gasteiger partial charge >= 0.3 is 5.97 Å². The molecule has 0 spiro atoms. The second kappa shape index (κ2) is 5.93. The zero-order chi connectivity index (χ0) is 14.5. The van der Waals surface area contributed by atoms with Crippen LogP contribution >= 0.6 is 0 Å². The lowest BCUT2D eigenvalue weighted by Crippen LogP contribution is -2.08. The molecule has 0 amide bonds. The molecule has 4 heteroatoms. The molecule has 2 rings (SSSR count). The number of nitrogens with two attached hydrogens (primary N) is 2. The molecule has 0 bridgehead atoms. The summed E-state index contributed by atoms with van der Waals surface area (Å²) in [6.07, 6.45) is 0. The third kappa shape index (κ3) is 3.17. The third-order valence-electron chi connectivity index (χ3n) is 2.89. The summed E-state index contributed by atoms with van der Waals surface area (Å²) < 4.78 is 5.21. The molecule has 0 saturated heterocycles. The van der Waals surface area contributed by atoms with E-state index in [4.69, 9.17) is 16.2 Å². The molecule has 0 aliphatic carbocycles. The van der Waals surface area contributed by atoms with Crippen LogP contribution in [0.1, 0.15) is 11.1 Å². The Labute approximate surface area is 117 Å². The minimum atomic E-state index is -0.474. The van der Waals surface area contributed by atoms with Gasteiger partial charge in [0.2, 0.25) is 0 Å². The summed E-state index contributed by atoms with van der Waals surface area (Å²) in [7, 11) is 0. The van der Waals surface area contributed by atoms with Crippen molar-refractivity contribution in [1.82, 2.24) is 0 Å². The minimum absolute atomic E-state index is 0.0710. The molecule has 102 valence electrons. The van der Waals surface area contributed by atoms with Gasteiger partial charge in [-0.1, -0.05) is 36.9 Å². The lowest BCUT2D eigenvalue weighted by atomic mass is 10.1. The largest absolute Gasteiger partial charge is 0.457 e. The van der Waals surface area contributed by atoms with E-state index in [-0.39, 0.29) is 6.61 Å². The minimum Gasteiger partial charge on any atom is -0.457 e. The van der Waals surface area contributed by atoms with Crippen molar-refractivity contribution < 1.29 is 9.53 Å². The van der Waals surface area contributed by atoms with Crippen molar-refractivity contribution in [2.45, 2.75) is 6.61 Å². The predicted molar refractivity (Wildman–Crippen MR) is 80.5 cm³/mol. The topological polar surface area (TPSA) is 78.3 Å². The summed E-state index contributed by atoms with van der Waals surface area (Å²) in [5.74, 6) is -0.474. The first kappa shape index (κ1) is 13.7. The second-order valence-corrected chi connectivity index (χ2v) is 4.38. The lowest BCUT2D eigenvalue weighted by Gasteiger charge is -2.09. The molecule has 2 aromatic carbocycles. The number of esters is 1. The maximum Gasteiger partial charge on any atom is 0.338 e. The van der Waals surface area contributed by atoms with Gasteiger partial charge in [-0.05, 0) is 23.8 Å². The van der Waals surface area contributed by atoms with Crippen molar-refractivity contribution in [2.75, 3.05) is 11.5 Å². The van der Waals surface area contributed by atoms with E-state index in [1.807, 2.05) is 18.2 Å². The number of hydrogen-bond acceptors (Lipinski definition) is 4. The van der Waals surface area contributed by atoms with Gasteiger partial charge in [-0.2, -0.15) is 0 Å². The smallest absolute Gasteiger partial charge is 0.338 e. The van der Waals surface area contributed by atoms with Gasteiger partial charge in [0, 0.05) is 16.9 Å².